The molecule has 0 saturated carbocycles. The van der Waals surface area contributed by atoms with Crippen molar-refractivity contribution in [2.75, 3.05) is 27.3 Å². The summed E-state index contributed by atoms with van der Waals surface area (Å²) in [6.07, 6.45) is -0.695. The number of ether oxygens (including phenoxy) is 1. The zero-order valence-electron chi connectivity index (χ0n) is 12.4. The Bertz CT molecular complexity index is 462. The molecule has 1 aromatic rings. The molecule has 5 heteroatoms. The van der Waals surface area contributed by atoms with E-state index in [9.17, 15) is 9.90 Å². The van der Waals surface area contributed by atoms with Gasteiger partial charge in [0.25, 0.3) is 5.91 Å². The summed E-state index contributed by atoms with van der Waals surface area (Å²) in [4.78, 5) is 13.7. The van der Waals surface area contributed by atoms with E-state index in [1.807, 2.05) is 6.07 Å². The maximum atomic E-state index is 12.2. The van der Waals surface area contributed by atoms with Crippen LogP contribution in [-0.2, 0) is 4.74 Å². The Morgan fingerprint density at radius 3 is 2.60 bits per heavy atom. The molecule has 0 aliphatic heterocycles. The minimum absolute atomic E-state index is 0.169. The number of hydrogen-bond acceptors (Lipinski definition) is 3. The van der Waals surface area contributed by atoms with E-state index in [1.165, 1.54) is 12.0 Å². The monoisotopic (exact) mass is 299 g/mol. The summed E-state index contributed by atoms with van der Waals surface area (Å²) in [6.45, 7) is 4.52. The molecule has 0 aliphatic rings. The third kappa shape index (κ3) is 4.47. The van der Waals surface area contributed by atoms with Crippen LogP contribution >= 0.6 is 11.6 Å². The molecule has 1 N–H and O–H groups in total. The predicted molar refractivity (Wildman–Crippen MR) is 80.4 cm³/mol. The Kier molecular flexibility index (Phi) is 6.46. The van der Waals surface area contributed by atoms with Crippen molar-refractivity contribution in [2.45, 2.75) is 25.9 Å². The first-order chi connectivity index (χ1) is 9.36. The summed E-state index contributed by atoms with van der Waals surface area (Å²) in [5.41, 5.74) is 1.54. The topological polar surface area (TPSA) is 49.8 Å². The number of benzene rings is 1. The highest BCUT2D eigenvalue weighted by Crippen LogP contribution is 2.25. The highest BCUT2D eigenvalue weighted by atomic mass is 35.5. The zero-order chi connectivity index (χ0) is 15.3. The van der Waals surface area contributed by atoms with Crippen LogP contribution in [0.1, 0.15) is 35.7 Å². The smallest absolute Gasteiger partial charge is 0.253 e. The lowest BCUT2D eigenvalue weighted by Gasteiger charge is -2.21. The van der Waals surface area contributed by atoms with Gasteiger partial charge in [-0.3, -0.25) is 4.79 Å². The van der Waals surface area contributed by atoms with Crippen molar-refractivity contribution in [2.24, 2.45) is 0 Å². The van der Waals surface area contributed by atoms with E-state index < -0.39 is 6.10 Å². The highest BCUT2D eigenvalue weighted by molar-refractivity contribution is 6.31. The second-order valence-corrected chi connectivity index (χ2v) is 5.59. The number of carbonyl (C=O) groups excluding carboxylic acids is 1. The van der Waals surface area contributed by atoms with Crippen LogP contribution in [0.5, 0.6) is 0 Å². The van der Waals surface area contributed by atoms with Crippen LogP contribution in [-0.4, -0.2) is 49.3 Å². The number of amides is 1. The SMILES string of the molecule is COCC(O)CN(C)C(=O)c1ccc(C(C)C)c(Cl)c1. The number of carbonyl (C=O) groups is 1. The third-order valence-corrected chi connectivity index (χ3v) is 3.39. The number of likely N-dealkylation sites (N-methyl/N-ethyl adjacent to an activating group) is 1. The summed E-state index contributed by atoms with van der Waals surface area (Å²) in [5.74, 6) is 0.144. The van der Waals surface area contributed by atoms with Crippen molar-refractivity contribution >= 4 is 17.5 Å². The molecule has 0 radical (unpaired) electrons. The fourth-order valence-electron chi connectivity index (χ4n) is 1.99. The van der Waals surface area contributed by atoms with E-state index in [0.29, 0.717) is 16.5 Å². The fourth-order valence-corrected chi connectivity index (χ4v) is 2.39. The number of halogens is 1. The van der Waals surface area contributed by atoms with Crippen LogP contribution in [0.25, 0.3) is 0 Å². The number of aliphatic hydroxyl groups excluding tert-OH is 1. The van der Waals surface area contributed by atoms with E-state index in [1.54, 1.807) is 19.2 Å². The highest BCUT2D eigenvalue weighted by Gasteiger charge is 2.17. The van der Waals surface area contributed by atoms with Gasteiger partial charge in [-0.05, 0) is 23.6 Å². The van der Waals surface area contributed by atoms with Crippen LogP contribution < -0.4 is 0 Å². The third-order valence-electron chi connectivity index (χ3n) is 3.06. The lowest BCUT2D eigenvalue weighted by atomic mass is 10.0. The van der Waals surface area contributed by atoms with Crippen LogP contribution in [0.15, 0.2) is 18.2 Å². The Hall–Kier alpha value is -1.10. The summed E-state index contributed by atoms with van der Waals surface area (Å²) >= 11 is 6.19. The standard InChI is InChI=1S/C15H22ClNO3/c1-10(2)13-6-5-11(7-14(13)16)15(19)17(3)8-12(18)9-20-4/h5-7,10,12,18H,8-9H2,1-4H3. The first-order valence-corrected chi connectivity index (χ1v) is 6.96. The Labute approximate surface area is 125 Å². The Balaban J connectivity index is 2.79. The quantitative estimate of drug-likeness (QED) is 0.878. The van der Waals surface area contributed by atoms with Gasteiger partial charge in [0.15, 0.2) is 0 Å². The van der Waals surface area contributed by atoms with Gasteiger partial charge >= 0.3 is 0 Å². The number of rotatable bonds is 6. The second-order valence-electron chi connectivity index (χ2n) is 5.19. The summed E-state index contributed by atoms with van der Waals surface area (Å²) in [6, 6.07) is 5.32. The molecule has 4 nitrogen and oxygen atoms in total. The van der Waals surface area contributed by atoms with Gasteiger partial charge in [0, 0.05) is 31.3 Å². The molecule has 1 rings (SSSR count). The van der Waals surface area contributed by atoms with Crippen molar-refractivity contribution < 1.29 is 14.6 Å². The summed E-state index contributed by atoms with van der Waals surface area (Å²) in [7, 11) is 3.15. The van der Waals surface area contributed by atoms with Gasteiger partial charge in [0.2, 0.25) is 0 Å². The molecule has 0 bridgehead atoms. The molecule has 1 atom stereocenters. The zero-order valence-corrected chi connectivity index (χ0v) is 13.1. The molecule has 0 aliphatic carbocycles. The average Bonchev–Trinajstić information content (AvgIpc) is 2.37. The number of aliphatic hydroxyl groups is 1. The van der Waals surface area contributed by atoms with Crippen LogP contribution in [0, 0.1) is 0 Å². The minimum atomic E-state index is -0.695. The molecule has 112 valence electrons. The van der Waals surface area contributed by atoms with E-state index >= 15 is 0 Å². The summed E-state index contributed by atoms with van der Waals surface area (Å²) < 4.78 is 4.84. The molecular weight excluding hydrogens is 278 g/mol. The first kappa shape index (κ1) is 17.0. The largest absolute Gasteiger partial charge is 0.389 e. The van der Waals surface area contributed by atoms with Crippen molar-refractivity contribution in [1.82, 2.24) is 4.90 Å². The van der Waals surface area contributed by atoms with Gasteiger partial charge in [0.1, 0.15) is 0 Å². The lowest BCUT2D eigenvalue weighted by Crippen LogP contribution is -2.36. The van der Waals surface area contributed by atoms with Crippen molar-refractivity contribution in [1.29, 1.82) is 0 Å². The van der Waals surface area contributed by atoms with Crippen LogP contribution in [0.4, 0.5) is 0 Å². The maximum absolute atomic E-state index is 12.2. The lowest BCUT2D eigenvalue weighted by molar-refractivity contribution is 0.0380. The van der Waals surface area contributed by atoms with Gasteiger partial charge in [-0.1, -0.05) is 31.5 Å². The van der Waals surface area contributed by atoms with E-state index in [-0.39, 0.29) is 19.1 Å². The predicted octanol–water partition coefficient (Wildman–Crippen LogP) is 2.54. The molecule has 20 heavy (non-hydrogen) atoms. The normalized spacial score (nSPS) is 12.6. The van der Waals surface area contributed by atoms with Gasteiger partial charge in [-0.15, -0.1) is 0 Å². The molecule has 0 aromatic heterocycles. The van der Waals surface area contributed by atoms with Crippen LogP contribution in [0.2, 0.25) is 5.02 Å². The second kappa shape index (κ2) is 7.62. The molecular formula is C15H22ClNO3. The summed E-state index contributed by atoms with van der Waals surface area (Å²) in [5, 5.41) is 10.2. The van der Waals surface area contributed by atoms with Gasteiger partial charge in [-0.2, -0.15) is 0 Å². The molecule has 1 amide bonds. The minimum Gasteiger partial charge on any atom is -0.389 e. The van der Waals surface area contributed by atoms with E-state index in [4.69, 9.17) is 16.3 Å². The van der Waals surface area contributed by atoms with Gasteiger partial charge < -0.3 is 14.7 Å². The molecule has 0 saturated heterocycles. The van der Waals surface area contributed by atoms with Crippen molar-refractivity contribution in [3.63, 3.8) is 0 Å². The van der Waals surface area contributed by atoms with Crippen LogP contribution in [0.3, 0.4) is 0 Å². The maximum Gasteiger partial charge on any atom is 0.253 e. The van der Waals surface area contributed by atoms with E-state index in [0.717, 1.165) is 5.56 Å². The Morgan fingerprint density at radius 1 is 1.45 bits per heavy atom. The van der Waals surface area contributed by atoms with Gasteiger partial charge in [-0.25, -0.2) is 0 Å². The number of methoxy groups -OCH3 is 1. The molecule has 1 aromatic carbocycles. The fraction of sp³-hybridized carbons (Fsp3) is 0.533. The van der Waals surface area contributed by atoms with Gasteiger partial charge in [0.05, 0.1) is 12.7 Å². The number of nitrogens with zero attached hydrogens (tertiary/aromatic N) is 1. The molecule has 0 heterocycles. The molecule has 0 spiro atoms. The molecule has 0 fully saturated rings. The Morgan fingerprint density at radius 2 is 2.10 bits per heavy atom. The van der Waals surface area contributed by atoms with E-state index in [2.05, 4.69) is 13.8 Å². The van der Waals surface area contributed by atoms with Crippen molar-refractivity contribution in [3.05, 3.63) is 34.3 Å². The number of hydrogen-bond donors (Lipinski definition) is 1. The first-order valence-electron chi connectivity index (χ1n) is 6.58. The van der Waals surface area contributed by atoms with Crippen molar-refractivity contribution in [3.8, 4) is 0 Å². The molecule has 1 unspecified atom stereocenters. The average molecular weight is 300 g/mol.